The highest BCUT2D eigenvalue weighted by Crippen LogP contribution is 2.28. The van der Waals surface area contributed by atoms with Crippen LogP contribution in [-0.2, 0) is 9.59 Å². The van der Waals surface area contributed by atoms with Crippen LogP contribution < -0.4 is 10.1 Å². The summed E-state index contributed by atoms with van der Waals surface area (Å²) in [6.07, 6.45) is 0.881. The van der Waals surface area contributed by atoms with Crippen LogP contribution in [0.1, 0.15) is 12.8 Å². The second kappa shape index (κ2) is 6.99. The van der Waals surface area contributed by atoms with Gasteiger partial charge in [0.25, 0.3) is 5.69 Å². The van der Waals surface area contributed by atoms with Gasteiger partial charge in [0.05, 0.1) is 24.6 Å². The summed E-state index contributed by atoms with van der Waals surface area (Å²) in [7, 11) is 1.41. The first-order valence-corrected chi connectivity index (χ1v) is 6.86. The summed E-state index contributed by atoms with van der Waals surface area (Å²) in [5.41, 5.74) is -0.0922. The summed E-state index contributed by atoms with van der Waals surface area (Å²) >= 11 is 0. The molecule has 2 rings (SSSR count). The van der Waals surface area contributed by atoms with Gasteiger partial charge in [0.15, 0.2) is 0 Å². The molecular weight excluding hydrogens is 290 g/mol. The molecular formula is C14H17N3O5. The van der Waals surface area contributed by atoms with Gasteiger partial charge in [0.1, 0.15) is 17.2 Å². The minimum absolute atomic E-state index is 0.108. The molecule has 0 radical (unpaired) electrons. The van der Waals surface area contributed by atoms with E-state index in [2.05, 4.69) is 5.32 Å². The maximum atomic E-state index is 12.0. The number of carbonyl (C=O) groups is 2. The minimum atomic E-state index is -0.572. The van der Waals surface area contributed by atoms with E-state index in [9.17, 15) is 19.7 Å². The zero-order valence-electron chi connectivity index (χ0n) is 12.2. The fourth-order valence-corrected chi connectivity index (χ4v) is 2.25. The van der Waals surface area contributed by atoms with Crippen LogP contribution >= 0.6 is 0 Å². The van der Waals surface area contributed by atoms with Crippen molar-refractivity contribution in [1.82, 2.24) is 4.90 Å². The van der Waals surface area contributed by atoms with Crippen LogP contribution in [0.4, 0.5) is 11.4 Å². The van der Waals surface area contributed by atoms with Gasteiger partial charge < -0.3 is 10.1 Å². The SMILES string of the molecule is COc1ccc(NC(=O)CN2CCC(=O)CC2)c([N+](=O)[O-])c1. The number of Topliss-reactive ketones (excluding diaryl/α,β-unsaturated/α-hetero) is 1. The largest absolute Gasteiger partial charge is 0.496 e. The number of nitro groups is 1. The Morgan fingerprint density at radius 2 is 2.09 bits per heavy atom. The third-order valence-electron chi connectivity index (χ3n) is 3.46. The van der Waals surface area contributed by atoms with Crippen molar-refractivity contribution in [3.05, 3.63) is 28.3 Å². The molecule has 0 unspecified atom stereocenters. The normalized spacial score (nSPS) is 15.4. The molecule has 1 N–H and O–H groups in total. The maximum absolute atomic E-state index is 12.0. The number of ketones is 1. The van der Waals surface area contributed by atoms with Gasteiger partial charge >= 0.3 is 0 Å². The van der Waals surface area contributed by atoms with Crippen LogP contribution in [0.25, 0.3) is 0 Å². The van der Waals surface area contributed by atoms with E-state index in [1.54, 1.807) is 6.07 Å². The standard InChI is InChI=1S/C14H17N3O5/c1-22-11-2-3-12(13(8-11)17(20)21)15-14(19)9-16-6-4-10(18)5-7-16/h2-3,8H,4-7,9H2,1H3,(H,15,19). The Balaban J connectivity index is 2.02. The topological polar surface area (TPSA) is 102 Å². The van der Waals surface area contributed by atoms with E-state index < -0.39 is 4.92 Å². The van der Waals surface area contributed by atoms with E-state index in [-0.39, 0.29) is 29.6 Å². The van der Waals surface area contributed by atoms with Crippen molar-refractivity contribution in [3.63, 3.8) is 0 Å². The van der Waals surface area contributed by atoms with Crippen molar-refractivity contribution >= 4 is 23.1 Å². The Morgan fingerprint density at radius 3 is 2.68 bits per heavy atom. The molecule has 1 heterocycles. The van der Waals surface area contributed by atoms with E-state index in [4.69, 9.17) is 4.74 Å². The van der Waals surface area contributed by atoms with Gasteiger partial charge in [-0.2, -0.15) is 0 Å². The van der Waals surface area contributed by atoms with Crippen LogP contribution in [0.3, 0.4) is 0 Å². The van der Waals surface area contributed by atoms with Gasteiger partial charge in [-0.1, -0.05) is 0 Å². The highest BCUT2D eigenvalue weighted by Gasteiger charge is 2.21. The Bertz CT molecular complexity index is 592. The molecule has 1 amide bonds. The van der Waals surface area contributed by atoms with E-state index in [1.807, 2.05) is 4.90 Å². The van der Waals surface area contributed by atoms with Crippen LogP contribution in [0.2, 0.25) is 0 Å². The summed E-state index contributed by atoms with van der Waals surface area (Å²) in [6.45, 7) is 1.18. The molecule has 0 spiro atoms. The van der Waals surface area contributed by atoms with Gasteiger partial charge in [-0.15, -0.1) is 0 Å². The molecule has 0 aliphatic carbocycles. The van der Waals surface area contributed by atoms with Crippen molar-refractivity contribution in [2.75, 3.05) is 32.1 Å². The van der Waals surface area contributed by atoms with E-state index in [0.717, 1.165) is 0 Å². The molecule has 118 valence electrons. The molecule has 0 saturated carbocycles. The number of benzene rings is 1. The van der Waals surface area contributed by atoms with Crippen LogP contribution in [0, 0.1) is 10.1 Å². The lowest BCUT2D eigenvalue weighted by atomic mass is 10.1. The van der Waals surface area contributed by atoms with Gasteiger partial charge in [-0.3, -0.25) is 24.6 Å². The fourth-order valence-electron chi connectivity index (χ4n) is 2.25. The van der Waals surface area contributed by atoms with Gasteiger partial charge in [0.2, 0.25) is 5.91 Å². The molecule has 1 aromatic carbocycles. The monoisotopic (exact) mass is 307 g/mol. The molecule has 0 atom stereocenters. The van der Waals surface area contributed by atoms with Crippen molar-refractivity contribution in [2.45, 2.75) is 12.8 Å². The Kier molecular flexibility index (Phi) is 5.05. The van der Waals surface area contributed by atoms with Crippen molar-refractivity contribution in [3.8, 4) is 5.75 Å². The van der Waals surface area contributed by atoms with Crippen LogP contribution in [-0.4, -0.2) is 48.3 Å². The second-order valence-corrected chi connectivity index (χ2v) is 5.00. The van der Waals surface area contributed by atoms with Crippen molar-refractivity contribution in [2.24, 2.45) is 0 Å². The number of hydrogen-bond donors (Lipinski definition) is 1. The van der Waals surface area contributed by atoms with E-state index in [1.165, 1.54) is 19.2 Å². The zero-order chi connectivity index (χ0) is 16.1. The molecule has 1 saturated heterocycles. The van der Waals surface area contributed by atoms with Gasteiger partial charge in [0, 0.05) is 25.9 Å². The van der Waals surface area contributed by atoms with Crippen LogP contribution in [0.5, 0.6) is 5.75 Å². The van der Waals surface area contributed by atoms with Gasteiger partial charge in [-0.25, -0.2) is 0 Å². The van der Waals surface area contributed by atoms with Crippen molar-refractivity contribution in [1.29, 1.82) is 0 Å². The van der Waals surface area contributed by atoms with Gasteiger partial charge in [-0.05, 0) is 12.1 Å². The number of rotatable bonds is 5. The summed E-state index contributed by atoms with van der Waals surface area (Å²) < 4.78 is 4.94. The Hall–Kier alpha value is -2.48. The summed E-state index contributed by atoms with van der Waals surface area (Å²) in [5, 5.41) is 13.6. The number of methoxy groups -OCH3 is 1. The number of ether oxygens (including phenoxy) is 1. The van der Waals surface area contributed by atoms with Crippen molar-refractivity contribution < 1.29 is 19.2 Å². The predicted molar refractivity (Wildman–Crippen MR) is 79.0 cm³/mol. The fraction of sp³-hybridized carbons (Fsp3) is 0.429. The molecule has 1 aliphatic heterocycles. The highest BCUT2D eigenvalue weighted by atomic mass is 16.6. The third kappa shape index (κ3) is 4.01. The molecule has 0 bridgehead atoms. The molecule has 1 fully saturated rings. The summed E-state index contributed by atoms with van der Waals surface area (Å²) in [5.74, 6) is 0.198. The first-order valence-electron chi connectivity index (χ1n) is 6.86. The number of amides is 1. The summed E-state index contributed by atoms with van der Waals surface area (Å²) in [4.78, 5) is 35.5. The number of nitrogens with zero attached hydrogens (tertiary/aromatic N) is 2. The smallest absolute Gasteiger partial charge is 0.296 e. The lowest BCUT2D eigenvalue weighted by Crippen LogP contribution is -2.39. The lowest BCUT2D eigenvalue weighted by Gasteiger charge is -2.24. The average molecular weight is 307 g/mol. The van der Waals surface area contributed by atoms with E-state index >= 15 is 0 Å². The molecule has 8 heteroatoms. The number of nitrogens with one attached hydrogen (secondary N) is 1. The Labute approximate surface area is 127 Å². The Morgan fingerprint density at radius 1 is 1.41 bits per heavy atom. The highest BCUT2D eigenvalue weighted by molar-refractivity contribution is 5.94. The zero-order valence-corrected chi connectivity index (χ0v) is 12.2. The molecule has 8 nitrogen and oxygen atoms in total. The quantitative estimate of drug-likeness (QED) is 0.648. The molecule has 1 aromatic rings. The minimum Gasteiger partial charge on any atom is -0.496 e. The number of piperidine rings is 1. The molecule has 22 heavy (non-hydrogen) atoms. The number of hydrogen-bond acceptors (Lipinski definition) is 6. The molecule has 1 aliphatic rings. The average Bonchev–Trinajstić information content (AvgIpc) is 2.49. The van der Waals surface area contributed by atoms with Crippen LogP contribution in [0.15, 0.2) is 18.2 Å². The van der Waals surface area contributed by atoms with E-state index in [0.29, 0.717) is 31.7 Å². The molecule has 0 aromatic heterocycles. The summed E-state index contributed by atoms with van der Waals surface area (Å²) in [6, 6.07) is 4.24. The first-order chi connectivity index (χ1) is 10.5. The second-order valence-electron chi connectivity index (χ2n) is 5.00. The number of likely N-dealkylation sites (tertiary alicyclic amines) is 1. The first kappa shape index (κ1) is 15.9. The predicted octanol–water partition coefficient (Wildman–Crippen LogP) is 1.21. The maximum Gasteiger partial charge on any atom is 0.296 e. The number of nitro benzene ring substituents is 1. The third-order valence-corrected chi connectivity index (χ3v) is 3.46. The lowest BCUT2D eigenvalue weighted by molar-refractivity contribution is -0.384. The number of carbonyl (C=O) groups excluding carboxylic acids is 2. The number of anilines is 1.